The second kappa shape index (κ2) is 12.6. The van der Waals surface area contributed by atoms with E-state index in [4.69, 9.17) is 9.47 Å². The van der Waals surface area contributed by atoms with Gasteiger partial charge < -0.3 is 9.47 Å². The molecule has 2 rings (SSSR count). The molecule has 2 aromatic carbocycles. The topological polar surface area (TPSA) is 18.5 Å². The molecule has 5 heteroatoms. The second-order valence-electron chi connectivity index (χ2n) is 6.95. The van der Waals surface area contributed by atoms with Gasteiger partial charge in [-0.05, 0) is 76.2 Å². The van der Waals surface area contributed by atoms with Crippen LogP contribution in [0.3, 0.4) is 0 Å². The lowest BCUT2D eigenvalue weighted by Crippen LogP contribution is -2.04. The summed E-state index contributed by atoms with van der Waals surface area (Å²) in [7, 11) is 0. The molecule has 0 aliphatic heterocycles. The smallest absolute Gasteiger partial charge is 0.105 e. The van der Waals surface area contributed by atoms with Gasteiger partial charge in [0.15, 0.2) is 0 Å². The van der Waals surface area contributed by atoms with Crippen LogP contribution in [0.25, 0.3) is 0 Å². The first kappa shape index (κ1) is 24.2. The monoisotopic (exact) mass is 446 g/mol. The van der Waals surface area contributed by atoms with E-state index in [1.165, 1.54) is 19.6 Å². The van der Waals surface area contributed by atoms with E-state index in [9.17, 15) is 0 Å². The Labute approximate surface area is 188 Å². The first-order valence-electron chi connectivity index (χ1n) is 9.55. The van der Waals surface area contributed by atoms with Crippen LogP contribution in [0.2, 0.25) is 0 Å². The summed E-state index contributed by atoms with van der Waals surface area (Å²) in [4.78, 5) is 4.87. The molecule has 0 saturated carbocycles. The highest BCUT2D eigenvalue weighted by molar-refractivity contribution is 8.00. The molecule has 2 aromatic rings. The van der Waals surface area contributed by atoms with Crippen LogP contribution in [0.4, 0.5) is 0 Å². The third kappa shape index (κ3) is 9.96. The third-order valence-corrected chi connectivity index (χ3v) is 6.66. The Hall–Kier alpha value is -1.11. The van der Waals surface area contributed by atoms with Gasteiger partial charge in [0.1, 0.15) is 10.9 Å². The molecule has 0 aliphatic rings. The molecule has 156 valence electrons. The van der Waals surface area contributed by atoms with Crippen molar-refractivity contribution < 1.29 is 9.47 Å². The van der Waals surface area contributed by atoms with Crippen molar-refractivity contribution in [3.63, 3.8) is 0 Å². The fourth-order valence-corrected chi connectivity index (χ4v) is 4.72. The Morgan fingerprint density at radius 3 is 1.31 bits per heavy atom. The molecule has 0 saturated heterocycles. The molecule has 0 aliphatic carbocycles. The summed E-state index contributed by atoms with van der Waals surface area (Å²) in [5.74, 6) is 0. The molecule has 0 heterocycles. The highest BCUT2D eigenvalue weighted by Crippen LogP contribution is 2.33. The predicted octanol–water partition coefficient (Wildman–Crippen LogP) is 7.90. The Kier molecular flexibility index (Phi) is 10.5. The maximum atomic E-state index is 5.74. The highest BCUT2D eigenvalue weighted by atomic mass is 32.2. The van der Waals surface area contributed by atoms with E-state index in [0.717, 1.165) is 11.1 Å². The molecule has 0 N–H and O–H groups in total. The van der Waals surface area contributed by atoms with Crippen molar-refractivity contribution in [3.05, 3.63) is 72.8 Å². The Bertz CT molecular complexity index is 717. The minimum Gasteiger partial charge on any atom is -0.363 e. The number of hydrogen-bond acceptors (Lipinski definition) is 5. The lowest BCUT2D eigenvalue weighted by atomic mass is 10.4. The van der Waals surface area contributed by atoms with Crippen molar-refractivity contribution in [2.24, 2.45) is 0 Å². The lowest BCUT2D eigenvalue weighted by Gasteiger charge is -2.13. The maximum Gasteiger partial charge on any atom is 0.105 e. The van der Waals surface area contributed by atoms with E-state index >= 15 is 0 Å². The molecule has 29 heavy (non-hydrogen) atoms. The van der Waals surface area contributed by atoms with Gasteiger partial charge in [-0.1, -0.05) is 59.6 Å². The number of rotatable bonds is 12. The van der Waals surface area contributed by atoms with Crippen molar-refractivity contribution in [2.45, 2.75) is 58.1 Å². The van der Waals surface area contributed by atoms with E-state index in [-0.39, 0.29) is 10.9 Å². The highest BCUT2D eigenvalue weighted by Gasteiger charge is 2.07. The van der Waals surface area contributed by atoms with Crippen LogP contribution in [-0.2, 0) is 9.47 Å². The first-order valence-corrected chi connectivity index (χ1v) is 12.1. The standard InChI is InChI=1S/C24H30O2S3/c1-17(2)15-25-19(5)27-21-7-11-23(12-8-21)29-24-13-9-22(10-14-24)28-20(6)26-16-18(3)4/h7-14,19-20H,1,3,15-16H2,2,4-6H3. The summed E-state index contributed by atoms with van der Waals surface area (Å²) in [5, 5.41) is 0. The molecule has 2 nitrogen and oxygen atoms in total. The number of benzene rings is 2. The van der Waals surface area contributed by atoms with Crippen molar-refractivity contribution in [2.75, 3.05) is 13.2 Å². The summed E-state index contributed by atoms with van der Waals surface area (Å²) < 4.78 is 11.5. The van der Waals surface area contributed by atoms with Gasteiger partial charge >= 0.3 is 0 Å². The first-order chi connectivity index (χ1) is 13.8. The van der Waals surface area contributed by atoms with Crippen molar-refractivity contribution in [1.82, 2.24) is 0 Å². The summed E-state index contributed by atoms with van der Waals surface area (Å²) >= 11 is 5.21. The molecule has 0 aromatic heterocycles. The Morgan fingerprint density at radius 2 is 1.00 bits per heavy atom. The Balaban J connectivity index is 1.83. The third-order valence-electron chi connectivity index (χ3n) is 3.62. The minimum atomic E-state index is 0.108. The van der Waals surface area contributed by atoms with E-state index in [2.05, 4.69) is 75.5 Å². The van der Waals surface area contributed by atoms with Crippen LogP contribution in [0.15, 0.2) is 92.4 Å². The molecule has 2 unspecified atom stereocenters. The van der Waals surface area contributed by atoms with Gasteiger partial charge in [-0.15, -0.1) is 0 Å². The van der Waals surface area contributed by atoms with Crippen LogP contribution in [0, 0.1) is 0 Å². The van der Waals surface area contributed by atoms with Crippen LogP contribution in [-0.4, -0.2) is 24.1 Å². The molecular weight excluding hydrogens is 416 g/mol. The maximum absolute atomic E-state index is 5.74. The Morgan fingerprint density at radius 1 is 0.690 bits per heavy atom. The molecule has 0 amide bonds. The summed E-state index contributed by atoms with van der Waals surface area (Å²) in [5.41, 5.74) is 2.30. The largest absolute Gasteiger partial charge is 0.363 e. The SMILES string of the molecule is C=C(C)COC(C)Sc1ccc(Sc2ccc(SC(C)OCC(=C)C)cc2)cc1. The minimum absolute atomic E-state index is 0.108. The van der Waals surface area contributed by atoms with Crippen molar-refractivity contribution in [1.29, 1.82) is 0 Å². The van der Waals surface area contributed by atoms with Crippen molar-refractivity contribution in [3.8, 4) is 0 Å². The number of thioether (sulfide) groups is 2. The van der Waals surface area contributed by atoms with Crippen LogP contribution in [0.1, 0.15) is 27.7 Å². The molecule has 0 spiro atoms. The fraction of sp³-hybridized carbons (Fsp3) is 0.333. The van der Waals surface area contributed by atoms with Gasteiger partial charge in [0.25, 0.3) is 0 Å². The molecule has 0 fully saturated rings. The van der Waals surface area contributed by atoms with E-state index < -0.39 is 0 Å². The zero-order valence-electron chi connectivity index (χ0n) is 17.6. The van der Waals surface area contributed by atoms with Gasteiger partial charge in [0, 0.05) is 19.6 Å². The lowest BCUT2D eigenvalue weighted by molar-refractivity contribution is 0.146. The average molecular weight is 447 g/mol. The van der Waals surface area contributed by atoms with E-state index in [1.54, 1.807) is 35.3 Å². The van der Waals surface area contributed by atoms with E-state index in [1.807, 2.05) is 13.8 Å². The molecule has 0 bridgehead atoms. The number of hydrogen-bond donors (Lipinski definition) is 0. The van der Waals surface area contributed by atoms with E-state index in [0.29, 0.717) is 13.2 Å². The zero-order chi connectivity index (χ0) is 21.2. The van der Waals surface area contributed by atoms with Crippen LogP contribution >= 0.6 is 35.3 Å². The van der Waals surface area contributed by atoms with Gasteiger partial charge in [-0.25, -0.2) is 0 Å². The summed E-state index contributed by atoms with van der Waals surface area (Å²) in [6.45, 7) is 17.1. The van der Waals surface area contributed by atoms with Gasteiger partial charge in [0.05, 0.1) is 13.2 Å². The molecular formula is C24H30O2S3. The van der Waals surface area contributed by atoms with Gasteiger partial charge in [0.2, 0.25) is 0 Å². The second-order valence-corrected chi connectivity index (χ2v) is 10.8. The summed E-state index contributed by atoms with van der Waals surface area (Å²) in [6, 6.07) is 17.3. The molecule has 2 atom stereocenters. The summed E-state index contributed by atoms with van der Waals surface area (Å²) in [6.07, 6.45) is 0. The molecule has 0 radical (unpaired) electrons. The number of ether oxygens (including phenoxy) is 2. The van der Waals surface area contributed by atoms with Crippen molar-refractivity contribution >= 4 is 35.3 Å². The van der Waals surface area contributed by atoms with Crippen LogP contribution in [0.5, 0.6) is 0 Å². The van der Waals surface area contributed by atoms with Gasteiger partial charge in [-0.2, -0.15) is 0 Å². The quantitative estimate of drug-likeness (QED) is 0.187. The zero-order valence-corrected chi connectivity index (χ0v) is 20.1. The van der Waals surface area contributed by atoms with Crippen LogP contribution < -0.4 is 0 Å². The van der Waals surface area contributed by atoms with Gasteiger partial charge in [-0.3, -0.25) is 0 Å². The average Bonchev–Trinajstić information content (AvgIpc) is 2.68. The normalized spacial score (nSPS) is 13.1. The fourth-order valence-electron chi connectivity index (χ4n) is 2.28. The predicted molar refractivity (Wildman–Crippen MR) is 129 cm³/mol.